The van der Waals surface area contributed by atoms with Gasteiger partial charge in [-0.3, -0.25) is 4.79 Å². The average molecular weight is 295 g/mol. The molecule has 0 aliphatic carbocycles. The Morgan fingerprint density at radius 1 is 1.09 bits per heavy atom. The van der Waals surface area contributed by atoms with E-state index in [1.54, 1.807) is 6.21 Å². The van der Waals surface area contributed by atoms with Crippen LogP contribution in [0.25, 0.3) is 0 Å². The zero-order valence-corrected chi connectivity index (χ0v) is 13.0. The van der Waals surface area contributed by atoms with E-state index in [-0.39, 0.29) is 12.5 Å². The number of hydrogen-bond donors (Lipinski definition) is 2. The molecule has 0 spiro atoms. The van der Waals surface area contributed by atoms with Crippen molar-refractivity contribution in [2.45, 2.75) is 20.3 Å². The number of hydrazone groups is 1. The fourth-order valence-electron chi connectivity index (χ4n) is 1.91. The lowest BCUT2D eigenvalue weighted by atomic mass is 10.1. The van der Waals surface area contributed by atoms with Gasteiger partial charge in [-0.15, -0.1) is 0 Å². The van der Waals surface area contributed by atoms with E-state index < -0.39 is 0 Å². The Morgan fingerprint density at radius 3 is 2.41 bits per heavy atom. The van der Waals surface area contributed by atoms with Crippen molar-refractivity contribution >= 4 is 17.8 Å². The van der Waals surface area contributed by atoms with Gasteiger partial charge in [-0.05, 0) is 36.6 Å². The van der Waals surface area contributed by atoms with E-state index in [1.807, 2.05) is 43.3 Å². The average Bonchev–Trinajstić information content (AvgIpc) is 2.55. The second kappa shape index (κ2) is 7.98. The minimum Gasteiger partial charge on any atom is -0.376 e. The maximum absolute atomic E-state index is 11.7. The third kappa shape index (κ3) is 5.05. The number of rotatable bonds is 6. The SMILES string of the molecule is CCc1ccc(C=NNC(=O)CNc2ccc(C)cc2)cc1. The van der Waals surface area contributed by atoms with Crippen LogP contribution in [-0.4, -0.2) is 18.7 Å². The van der Waals surface area contributed by atoms with Gasteiger partial charge in [0.25, 0.3) is 5.91 Å². The van der Waals surface area contributed by atoms with Gasteiger partial charge in [-0.1, -0.05) is 48.9 Å². The first-order valence-corrected chi connectivity index (χ1v) is 7.39. The van der Waals surface area contributed by atoms with Crippen LogP contribution in [0.2, 0.25) is 0 Å². The van der Waals surface area contributed by atoms with E-state index in [4.69, 9.17) is 0 Å². The van der Waals surface area contributed by atoms with Crippen LogP contribution in [0, 0.1) is 6.92 Å². The van der Waals surface area contributed by atoms with Crippen molar-refractivity contribution in [2.24, 2.45) is 5.10 Å². The standard InChI is InChI=1S/C18H21N3O/c1-3-15-6-8-16(9-7-15)12-20-21-18(22)13-19-17-10-4-14(2)5-11-17/h4-12,19H,3,13H2,1-2H3,(H,21,22). The van der Waals surface area contributed by atoms with Gasteiger partial charge in [0.1, 0.15) is 0 Å². The number of anilines is 1. The predicted molar refractivity (Wildman–Crippen MR) is 91.2 cm³/mol. The molecule has 0 fully saturated rings. The molecule has 0 aromatic heterocycles. The maximum atomic E-state index is 11.7. The van der Waals surface area contributed by atoms with Gasteiger partial charge in [0, 0.05) is 5.69 Å². The molecule has 2 N–H and O–H groups in total. The minimum atomic E-state index is -0.179. The normalized spacial score (nSPS) is 10.6. The number of amides is 1. The summed E-state index contributed by atoms with van der Waals surface area (Å²) in [4.78, 5) is 11.7. The summed E-state index contributed by atoms with van der Waals surface area (Å²) in [5.41, 5.74) is 6.86. The van der Waals surface area contributed by atoms with Gasteiger partial charge < -0.3 is 5.32 Å². The number of nitrogens with one attached hydrogen (secondary N) is 2. The van der Waals surface area contributed by atoms with Crippen LogP contribution in [-0.2, 0) is 11.2 Å². The molecule has 22 heavy (non-hydrogen) atoms. The van der Waals surface area contributed by atoms with Crippen LogP contribution in [0.1, 0.15) is 23.6 Å². The van der Waals surface area contributed by atoms with Gasteiger partial charge in [0.15, 0.2) is 0 Å². The third-order valence-electron chi connectivity index (χ3n) is 3.30. The van der Waals surface area contributed by atoms with Crippen LogP contribution in [0.15, 0.2) is 53.6 Å². The van der Waals surface area contributed by atoms with Crippen molar-refractivity contribution < 1.29 is 4.79 Å². The van der Waals surface area contributed by atoms with Crippen molar-refractivity contribution in [1.82, 2.24) is 5.43 Å². The van der Waals surface area contributed by atoms with Crippen LogP contribution >= 0.6 is 0 Å². The monoisotopic (exact) mass is 295 g/mol. The number of carbonyl (C=O) groups excluding carboxylic acids is 1. The Balaban J connectivity index is 1.76. The molecule has 2 rings (SSSR count). The number of aryl methyl sites for hydroxylation is 2. The summed E-state index contributed by atoms with van der Waals surface area (Å²) in [7, 11) is 0. The molecule has 2 aromatic carbocycles. The van der Waals surface area contributed by atoms with Crippen LogP contribution in [0.3, 0.4) is 0 Å². The number of benzene rings is 2. The van der Waals surface area contributed by atoms with E-state index in [9.17, 15) is 4.79 Å². The van der Waals surface area contributed by atoms with Crippen LogP contribution in [0.5, 0.6) is 0 Å². The van der Waals surface area contributed by atoms with E-state index >= 15 is 0 Å². The first-order valence-electron chi connectivity index (χ1n) is 7.39. The predicted octanol–water partition coefficient (Wildman–Crippen LogP) is 3.12. The first-order chi connectivity index (χ1) is 10.7. The molecular formula is C18H21N3O. The second-order valence-corrected chi connectivity index (χ2v) is 5.11. The lowest BCUT2D eigenvalue weighted by molar-refractivity contribution is -0.119. The summed E-state index contributed by atoms with van der Waals surface area (Å²) in [6.45, 7) is 4.33. The maximum Gasteiger partial charge on any atom is 0.259 e. The topological polar surface area (TPSA) is 53.5 Å². The van der Waals surface area contributed by atoms with Crippen LogP contribution < -0.4 is 10.7 Å². The first kappa shape index (κ1) is 15.8. The smallest absolute Gasteiger partial charge is 0.259 e. The molecule has 2 aromatic rings. The quantitative estimate of drug-likeness (QED) is 0.635. The molecule has 0 saturated carbocycles. The summed E-state index contributed by atoms with van der Waals surface area (Å²) in [6, 6.07) is 16.0. The molecule has 0 heterocycles. The highest BCUT2D eigenvalue weighted by Crippen LogP contribution is 2.07. The lowest BCUT2D eigenvalue weighted by Gasteiger charge is -2.05. The van der Waals surface area contributed by atoms with Gasteiger partial charge in [-0.25, -0.2) is 5.43 Å². The Hall–Kier alpha value is -2.62. The molecule has 0 aliphatic rings. The number of hydrogen-bond acceptors (Lipinski definition) is 3. The van der Waals surface area contributed by atoms with Gasteiger partial charge >= 0.3 is 0 Å². The van der Waals surface area contributed by atoms with Gasteiger partial charge in [0.2, 0.25) is 0 Å². The van der Waals surface area contributed by atoms with Gasteiger partial charge in [-0.2, -0.15) is 5.10 Å². The number of carbonyl (C=O) groups is 1. The van der Waals surface area contributed by atoms with E-state index in [0.717, 1.165) is 17.7 Å². The van der Waals surface area contributed by atoms with Crippen molar-refractivity contribution in [3.05, 3.63) is 65.2 Å². The van der Waals surface area contributed by atoms with E-state index in [2.05, 4.69) is 34.9 Å². The zero-order chi connectivity index (χ0) is 15.8. The summed E-state index contributed by atoms with van der Waals surface area (Å²) in [6.07, 6.45) is 2.65. The second-order valence-electron chi connectivity index (χ2n) is 5.11. The largest absolute Gasteiger partial charge is 0.376 e. The fraction of sp³-hybridized carbons (Fsp3) is 0.222. The van der Waals surface area contributed by atoms with E-state index in [0.29, 0.717) is 0 Å². The molecule has 4 nitrogen and oxygen atoms in total. The zero-order valence-electron chi connectivity index (χ0n) is 13.0. The van der Waals surface area contributed by atoms with Gasteiger partial charge in [0.05, 0.1) is 12.8 Å². The Kier molecular flexibility index (Phi) is 5.72. The van der Waals surface area contributed by atoms with Crippen molar-refractivity contribution in [2.75, 3.05) is 11.9 Å². The molecule has 1 amide bonds. The molecule has 0 unspecified atom stereocenters. The summed E-state index contributed by atoms with van der Waals surface area (Å²) in [5.74, 6) is -0.179. The molecular weight excluding hydrogens is 274 g/mol. The summed E-state index contributed by atoms with van der Waals surface area (Å²) >= 11 is 0. The molecule has 114 valence electrons. The fourth-order valence-corrected chi connectivity index (χ4v) is 1.91. The Morgan fingerprint density at radius 2 is 1.77 bits per heavy atom. The molecule has 0 aliphatic heterocycles. The van der Waals surface area contributed by atoms with Crippen molar-refractivity contribution in [3.8, 4) is 0 Å². The minimum absolute atomic E-state index is 0.179. The molecule has 0 saturated heterocycles. The summed E-state index contributed by atoms with van der Waals surface area (Å²) in [5, 5.41) is 7.01. The molecule has 0 radical (unpaired) electrons. The Labute approximate surface area is 131 Å². The molecule has 0 bridgehead atoms. The van der Waals surface area contributed by atoms with Crippen molar-refractivity contribution in [3.63, 3.8) is 0 Å². The lowest BCUT2D eigenvalue weighted by Crippen LogP contribution is -2.25. The highest BCUT2D eigenvalue weighted by atomic mass is 16.2. The number of nitrogens with zero attached hydrogens (tertiary/aromatic N) is 1. The Bertz CT molecular complexity index is 630. The molecule has 0 atom stereocenters. The third-order valence-corrected chi connectivity index (χ3v) is 3.30. The van der Waals surface area contributed by atoms with Crippen molar-refractivity contribution in [1.29, 1.82) is 0 Å². The highest BCUT2D eigenvalue weighted by molar-refractivity contribution is 5.84. The summed E-state index contributed by atoms with van der Waals surface area (Å²) < 4.78 is 0. The highest BCUT2D eigenvalue weighted by Gasteiger charge is 1.99. The van der Waals surface area contributed by atoms with Crippen LogP contribution in [0.4, 0.5) is 5.69 Å². The van der Waals surface area contributed by atoms with E-state index in [1.165, 1.54) is 11.1 Å². The molecule has 4 heteroatoms.